The van der Waals surface area contributed by atoms with Crippen molar-refractivity contribution in [3.63, 3.8) is 0 Å². The molecule has 10 heteroatoms. The highest BCUT2D eigenvalue weighted by molar-refractivity contribution is 5.75. The zero-order valence-corrected chi connectivity index (χ0v) is 17.9. The molecule has 0 radical (unpaired) electrons. The number of nitriles is 1. The summed E-state index contributed by atoms with van der Waals surface area (Å²) in [5, 5.41) is 27.4. The number of nitrogen functional groups attached to an aromatic ring is 1. The van der Waals surface area contributed by atoms with Crippen LogP contribution in [0.2, 0.25) is 0 Å². The normalized spacial score (nSPS) is 18.2. The summed E-state index contributed by atoms with van der Waals surface area (Å²) in [6.07, 6.45) is 2.21. The number of rotatable bonds is 0. The van der Waals surface area contributed by atoms with E-state index in [9.17, 15) is 9.65 Å². The number of ether oxygens (including phenoxy) is 1. The molecule has 9 nitrogen and oxygen atoms in total. The van der Waals surface area contributed by atoms with Gasteiger partial charge in [0.05, 0.1) is 17.0 Å². The molecule has 0 saturated carbocycles. The first-order valence-corrected chi connectivity index (χ1v) is 10.6. The lowest BCUT2D eigenvalue weighted by atomic mass is 9.88. The zero-order valence-electron chi connectivity index (χ0n) is 17.9. The molecule has 6 rings (SSSR count). The van der Waals surface area contributed by atoms with E-state index in [-0.39, 0.29) is 23.2 Å². The molecule has 0 amide bonds. The molecule has 2 bridgehead atoms. The number of nitrogens with two attached hydrogens (primary N) is 1. The van der Waals surface area contributed by atoms with Gasteiger partial charge in [-0.05, 0) is 31.5 Å². The Morgan fingerprint density at radius 1 is 1.21 bits per heavy atom. The summed E-state index contributed by atoms with van der Waals surface area (Å²) < 4.78 is 24.1. The minimum atomic E-state index is -0.550. The fourth-order valence-electron chi connectivity index (χ4n) is 4.93. The van der Waals surface area contributed by atoms with Crippen LogP contribution in [0.25, 0.3) is 22.5 Å². The minimum Gasteiger partial charge on any atom is -0.482 e. The van der Waals surface area contributed by atoms with E-state index in [1.165, 1.54) is 12.1 Å². The predicted octanol–water partition coefficient (Wildman–Crippen LogP) is 3.32. The van der Waals surface area contributed by atoms with Crippen LogP contribution in [0, 0.1) is 17.1 Å². The molecule has 2 aliphatic rings. The third-order valence-electron chi connectivity index (χ3n) is 6.34. The molecule has 2 aliphatic heterocycles. The number of halogens is 1. The van der Waals surface area contributed by atoms with Gasteiger partial charge in [-0.1, -0.05) is 0 Å². The highest BCUT2D eigenvalue weighted by atomic mass is 19.1. The standard InChI is InChI=1S/C23H19FN8O/c1-11-15-7-12(24)3-4-13(15)21-16(10-31(2)30-21)14-5-6-32-22(14)20(18(9-25)29-32)17-8-19(33-11)23(26)28-27-17/h3-4,7-8,10-11,14H,5-6H2,1-2H3,(H2,26,28)/t11-,14-/m1/s1. The molecule has 164 valence electrons. The Morgan fingerprint density at radius 2 is 2.06 bits per heavy atom. The molecule has 5 heterocycles. The second-order valence-corrected chi connectivity index (χ2v) is 8.36. The lowest BCUT2D eigenvalue weighted by molar-refractivity contribution is 0.227. The van der Waals surface area contributed by atoms with Crippen molar-refractivity contribution in [2.45, 2.75) is 31.9 Å². The smallest absolute Gasteiger partial charge is 0.188 e. The Bertz CT molecular complexity index is 1480. The van der Waals surface area contributed by atoms with Gasteiger partial charge >= 0.3 is 0 Å². The maximum absolute atomic E-state index is 14.3. The van der Waals surface area contributed by atoms with Gasteiger partial charge in [0.15, 0.2) is 17.3 Å². The molecule has 1 aromatic carbocycles. The lowest BCUT2D eigenvalue weighted by Gasteiger charge is -2.21. The van der Waals surface area contributed by atoms with Crippen LogP contribution in [0.4, 0.5) is 10.2 Å². The number of fused-ring (bicyclic) bond motifs is 7. The van der Waals surface area contributed by atoms with E-state index in [1.54, 1.807) is 16.8 Å². The predicted molar refractivity (Wildman–Crippen MR) is 116 cm³/mol. The topological polar surface area (TPSA) is 120 Å². The fraction of sp³-hybridized carbons (Fsp3) is 0.261. The van der Waals surface area contributed by atoms with Crippen molar-refractivity contribution in [3.8, 4) is 34.3 Å². The zero-order chi connectivity index (χ0) is 22.9. The summed E-state index contributed by atoms with van der Waals surface area (Å²) in [6.45, 7) is 2.48. The van der Waals surface area contributed by atoms with Crippen LogP contribution in [-0.4, -0.2) is 29.8 Å². The van der Waals surface area contributed by atoms with Crippen LogP contribution in [0.5, 0.6) is 5.75 Å². The fourth-order valence-corrected chi connectivity index (χ4v) is 4.93. The maximum Gasteiger partial charge on any atom is 0.188 e. The Labute approximate surface area is 188 Å². The van der Waals surface area contributed by atoms with Gasteiger partial charge < -0.3 is 10.5 Å². The molecule has 2 N–H and O–H groups in total. The van der Waals surface area contributed by atoms with Gasteiger partial charge in [-0.25, -0.2) is 4.39 Å². The molecule has 0 spiro atoms. The van der Waals surface area contributed by atoms with Crippen LogP contribution in [0.15, 0.2) is 30.5 Å². The SMILES string of the molecule is C[C@H]1Oc2cc(nnc2N)-c2c(C#N)nn3c2[C@H](CC3)c2cn(C)nc2-c2ccc(F)cc21. The third-order valence-corrected chi connectivity index (χ3v) is 6.34. The first-order valence-electron chi connectivity index (χ1n) is 10.6. The number of nitrogens with zero attached hydrogens (tertiary/aromatic N) is 7. The van der Waals surface area contributed by atoms with E-state index >= 15 is 0 Å². The first kappa shape index (κ1) is 19.4. The van der Waals surface area contributed by atoms with Gasteiger partial charge in [0.1, 0.15) is 23.7 Å². The maximum atomic E-state index is 14.3. The highest BCUT2D eigenvalue weighted by Crippen LogP contribution is 2.46. The summed E-state index contributed by atoms with van der Waals surface area (Å²) in [5.41, 5.74) is 11.5. The highest BCUT2D eigenvalue weighted by Gasteiger charge is 2.36. The third kappa shape index (κ3) is 2.82. The molecular formula is C23H19FN8O. The molecule has 0 saturated heterocycles. The van der Waals surface area contributed by atoms with E-state index in [0.29, 0.717) is 29.1 Å². The van der Waals surface area contributed by atoms with Crippen molar-refractivity contribution >= 4 is 5.82 Å². The Balaban J connectivity index is 1.71. The molecule has 3 aromatic heterocycles. The van der Waals surface area contributed by atoms with Crippen LogP contribution >= 0.6 is 0 Å². The molecule has 4 aromatic rings. The Kier molecular flexibility index (Phi) is 4.04. The molecule has 0 aliphatic carbocycles. The van der Waals surface area contributed by atoms with E-state index in [4.69, 9.17) is 15.6 Å². The summed E-state index contributed by atoms with van der Waals surface area (Å²) in [7, 11) is 1.86. The van der Waals surface area contributed by atoms with E-state index in [0.717, 1.165) is 28.9 Å². The van der Waals surface area contributed by atoms with Gasteiger partial charge in [0.25, 0.3) is 0 Å². The second kappa shape index (κ2) is 6.87. The molecule has 0 fully saturated rings. The summed E-state index contributed by atoms with van der Waals surface area (Å²) in [5.74, 6) is -0.0224. The van der Waals surface area contributed by atoms with Crippen molar-refractivity contribution in [2.24, 2.45) is 7.05 Å². The number of hydrogen-bond acceptors (Lipinski definition) is 7. The average molecular weight is 442 g/mol. The first-order chi connectivity index (χ1) is 15.9. The average Bonchev–Trinajstić information content (AvgIpc) is 3.47. The van der Waals surface area contributed by atoms with Crippen LogP contribution in [0.1, 0.15) is 47.9 Å². The van der Waals surface area contributed by atoms with E-state index in [2.05, 4.69) is 21.4 Å². The molecular weight excluding hydrogens is 423 g/mol. The van der Waals surface area contributed by atoms with Crippen LogP contribution in [0.3, 0.4) is 0 Å². The van der Waals surface area contributed by atoms with Crippen LogP contribution in [-0.2, 0) is 13.6 Å². The largest absolute Gasteiger partial charge is 0.482 e. The minimum absolute atomic E-state index is 0.0744. The quantitative estimate of drug-likeness (QED) is 0.443. The molecule has 33 heavy (non-hydrogen) atoms. The van der Waals surface area contributed by atoms with Crippen molar-refractivity contribution in [1.82, 2.24) is 29.8 Å². The number of anilines is 1. The molecule has 0 unspecified atom stereocenters. The number of hydrogen-bond donors (Lipinski definition) is 1. The Morgan fingerprint density at radius 3 is 2.88 bits per heavy atom. The van der Waals surface area contributed by atoms with Gasteiger partial charge in [0, 0.05) is 48.5 Å². The monoisotopic (exact) mass is 442 g/mol. The van der Waals surface area contributed by atoms with E-state index < -0.39 is 6.10 Å². The molecule has 2 atom stereocenters. The second-order valence-electron chi connectivity index (χ2n) is 8.36. The van der Waals surface area contributed by atoms with Gasteiger partial charge in [0.2, 0.25) is 0 Å². The van der Waals surface area contributed by atoms with Gasteiger partial charge in [-0.3, -0.25) is 9.36 Å². The van der Waals surface area contributed by atoms with Crippen molar-refractivity contribution in [3.05, 3.63) is 58.8 Å². The number of aromatic nitrogens is 6. The number of benzene rings is 1. The summed E-state index contributed by atoms with van der Waals surface area (Å²) in [6, 6.07) is 8.49. The lowest BCUT2D eigenvalue weighted by Crippen LogP contribution is -2.11. The summed E-state index contributed by atoms with van der Waals surface area (Å²) in [4.78, 5) is 0. The van der Waals surface area contributed by atoms with Crippen LogP contribution < -0.4 is 10.5 Å². The van der Waals surface area contributed by atoms with E-state index in [1.807, 2.05) is 24.9 Å². The van der Waals surface area contributed by atoms with Gasteiger partial charge in [-0.15, -0.1) is 10.2 Å². The van der Waals surface area contributed by atoms with Crippen molar-refractivity contribution < 1.29 is 9.13 Å². The van der Waals surface area contributed by atoms with Crippen molar-refractivity contribution in [1.29, 1.82) is 5.26 Å². The Hall–Kier alpha value is -4.26. The van der Waals surface area contributed by atoms with Crippen molar-refractivity contribution in [2.75, 3.05) is 5.73 Å². The number of aryl methyl sites for hydroxylation is 2. The van der Waals surface area contributed by atoms with Gasteiger partial charge in [-0.2, -0.15) is 15.5 Å². The summed E-state index contributed by atoms with van der Waals surface area (Å²) >= 11 is 0.